The molecule has 1 aliphatic carbocycles. The fourth-order valence-corrected chi connectivity index (χ4v) is 0.678. The number of rotatable bonds is 1. The molecule has 9 heavy (non-hydrogen) atoms. The summed E-state index contributed by atoms with van der Waals surface area (Å²) in [6.07, 6.45) is 7.66. The maximum atomic E-state index is 5.13. The van der Waals surface area contributed by atoms with Crippen molar-refractivity contribution in [1.29, 1.82) is 0 Å². The summed E-state index contributed by atoms with van der Waals surface area (Å²) in [5, 5.41) is 0. The zero-order valence-electron chi connectivity index (χ0n) is 4.99. The molecular weight excluding hydrogens is 114 g/mol. The topological polar surface area (TPSA) is 64.4 Å². The Morgan fingerprint density at radius 3 is 2.22 bits per heavy atom. The Morgan fingerprint density at radius 1 is 1.22 bits per heavy atom. The van der Waals surface area contributed by atoms with Gasteiger partial charge in [0.05, 0.1) is 6.04 Å². The zero-order chi connectivity index (χ0) is 6.69. The monoisotopic (exact) mass is 123 g/mol. The Balaban J connectivity index is 2.56. The summed E-state index contributed by atoms with van der Waals surface area (Å²) in [5.41, 5.74) is 10.3. The molecule has 48 valence electrons. The minimum atomic E-state index is 0.0648. The molecule has 0 amide bonds. The van der Waals surface area contributed by atoms with Gasteiger partial charge in [-0.2, -0.15) is 0 Å². The lowest BCUT2D eigenvalue weighted by Gasteiger charge is -1.95. The highest BCUT2D eigenvalue weighted by atomic mass is 15.0. The van der Waals surface area contributed by atoms with E-state index in [1.807, 2.05) is 24.3 Å². The number of hydrogen-bond acceptors (Lipinski definition) is 1. The Kier molecular flexibility index (Phi) is 1.53. The van der Waals surface area contributed by atoms with Gasteiger partial charge in [-0.05, 0) is 0 Å². The van der Waals surface area contributed by atoms with Crippen molar-refractivity contribution in [3.8, 4) is 0 Å². The Bertz CT molecular complexity index is 163. The van der Waals surface area contributed by atoms with Crippen LogP contribution in [0.25, 0.3) is 0 Å². The Labute approximate surface area is 53.8 Å². The molecule has 0 aromatic rings. The third kappa shape index (κ3) is 1.60. The number of aliphatic imine (C=N–C) groups is 1. The number of nitrogens with two attached hydrogens (primary N) is 2. The fraction of sp³-hybridized carbons (Fsp3) is 0.167. The largest absolute Gasteiger partial charge is 0.370 e. The molecule has 0 aliphatic heterocycles. The van der Waals surface area contributed by atoms with Gasteiger partial charge in [0.1, 0.15) is 0 Å². The molecule has 0 aromatic heterocycles. The molecule has 1 aliphatic rings. The van der Waals surface area contributed by atoms with Crippen molar-refractivity contribution in [3.63, 3.8) is 0 Å². The summed E-state index contributed by atoms with van der Waals surface area (Å²) < 4.78 is 0. The van der Waals surface area contributed by atoms with E-state index < -0.39 is 0 Å². The molecule has 3 nitrogen and oxygen atoms in total. The second kappa shape index (κ2) is 2.35. The van der Waals surface area contributed by atoms with Crippen LogP contribution in [0.15, 0.2) is 29.3 Å². The summed E-state index contributed by atoms with van der Waals surface area (Å²) in [5.74, 6) is 0.135. The van der Waals surface area contributed by atoms with Crippen molar-refractivity contribution in [1.82, 2.24) is 0 Å². The van der Waals surface area contributed by atoms with Crippen LogP contribution in [-0.2, 0) is 0 Å². The summed E-state index contributed by atoms with van der Waals surface area (Å²) >= 11 is 0. The second-order valence-electron chi connectivity index (χ2n) is 1.81. The molecule has 1 rings (SSSR count). The molecule has 0 saturated heterocycles. The zero-order valence-corrected chi connectivity index (χ0v) is 4.99. The van der Waals surface area contributed by atoms with Gasteiger partial charge in [-0.1, -0.05) is 24.3 Å². The number of guanidine groups is 1. The summed E-state index contributed by atoms with van der Waals surface area (Å²) in [4.78, 5) is 3.88. The molecule has 3 heteroatoms. The van der Waals surface area contributed by atoms with E-state index in [0.29, 0.717) is 0 Å². The van der Waals surface area contributed by atoms with Gasteiger partial charge in [0, 0.05) is 0 Å². The molecule has 4 N–H and O–H groups in total. The van der Waals surface area contributed by atoms with Gasteiger partial charge in [0.25, 0.3) is 0 Å². The average Bonchev–Trinajstić information content (AvgIpc) is 2.15. The van der Waals surface area contributed by atoms with Gasteiger partial charge in [-0.25, -0.2) is 4.99 Å². The van der Waals surface area contributed by atoms with Crippen molar-refractivity contribution in [3.05, 3.63) is 24.3 Å². The molecule has 0 aromatic carbocycles. The van der Waals surface area contributed by atoms with Gasteiger partial charge in [-0.15, -0.1) is 0 Å². The predicted octanol–water partition coefficient (Wildman–Crippen LogP) is -0.246. The van der Waals surface area contributed by atoms with Crippen molar-refractivity contribution in [2.75, 3.05) is 0 Å². The average molecular weight is 123 g/mol. The number of allylic oxidation sites excluding steroid dienone is 2. The first-order valence-corrected chi connectivity index (χ1v) is 2.73. The first kappa shape index (κ1) is 5.88. The smallest absolute Gasteiger partial charge is 0.186 e. The van der Waals surface area contributed by atoms with Gasteiger partial charge in [0.2, 0.25) is 0 Å². The summed E-state index contributed by atoms with van der Waals surface area (Å²) in [7, 11) is 0. The van der Waals surface area contributed by atoms with Crippen LogP contribution < -0.4 is 11.5 Å². The van der Waals surface area contributed by atoms with E-state index in [1.165, 1.54) is 0 Å². The van der Waals surface area contributed by atoms with Crippen molar-refractivity contribution in [2.24, 2.45) is 16.5 Å². The molecule has 0 saturated carbocycles. The third-order valence-corrected chi connectivity index (χ3v) is 1.03. The maximum Gasteiger partial charge on any atom is 0.186 e. The van der Waals surface area contributed by atoms with E-state index in [4.69, 9.17) is 11.5 Å². The lowest BCUT2D eigenvalue weighted by atomic mass is 10.3. The van der Waals surface area contributed by atoms with Gasteiger partial charge in [-0.3, -0.25) is 0 Å². The number of hydrogen-bond donors (Lipinski definition) is 2. The van der Waals surface area contributed by atoms with E-state index in [0.717, 1.165) is 0 Å². The highest BCUT2D eigenvalue weighted by Gasteiger charge is 1.98. The first-order chi connectivity index (χ1) is 4.29. The lowest BCUT2D eigenvalue weighted by Crippen LogP contribution is -2.24. The van der Waals surface area contributed by atoms with Crippen LogP contribution in [0.4, 0.5) is 0 Å². The van der Waals surface area contributed by atoms with Crippen molar-refractivity contribution in [2.45, 2.75) is 6.04 Å². The molecule has 0 atom stereocenters. The third-order valence-electron chi connectivity index (χ3n) is 1.03. The van der Waals surface area contributed by atoms with Gasteiger partial charge in [0.15, 0.2) is 5.96 Å². The van der Waals surface area contributed by atoms with Crippen LogP contribution in [0.2, 0.25) is 0 Å². The Hall–Kier alpha value is -1.25. The highest BCUT2D eigenvalue weighted by molar-refractivity contribution is 5.76. The predicted molar refractivity (Wildman–Crippen MR) is 37.9 cm³/mol. The van der Waals surface area contributed by atoms with E-state index in [1.54, 1.807) is 0 Å². The van der Waals surface area contributed by atoms with E-state index in [9.17, 15) is 0 Å². The molecule has 0 unspecified atom stereocenters. The van der Waals surface area contributed by atoms with E-state index in [-0.39, 0.29) is 12.0 Å². The fourth-order valence-electron chi connectivity index (χ4n) is 0.678. The van der Waals surface area contributed by atoms with Crippen LogP contribution >= 0.6 is 0 Å². The first-order valence-electron chi connectivity index (χ1n) is 2.73. The van der Waals surface area contributed by atoms with E-state index in [2.05, 4.69) is 4.99 Å². The maximum absolute atomic E-state index is 5.13. The summed E-state index contributed by atoms with van der Waals surface area (Å²) in [6.45, 7) is 0. The van der Waals surface area contributed by atoms with Crippen LogP contribution in [-0.4, -0.2) is 12.0 Å². The molecule has 0 spiro atoms. The van der Waals surface area contributed by atoms with Crippen LogP contribution in [0.3, 0.4) is 0 Å². The molecule has 0 radical (unpaired) electrons. The molecule has 0 heterocycles. The lowest BCUT2D eigenvalue weighted by molar-refractivity contribution is 1.03. The quantitative estimate of drug-likeness (QED) is 0.373. The number of nitrogens with zero attached hydrogens (tertiary/aromatic N) is 1. The van der Waals surface area contributed by atoms with E-state index >= 15 is 0 Å². The second-order valence-corrected chi connectivity index (χ2v) is 1.81. The minimum Gasteiger partial charge on any atom is -0.370 e. The summed E-state index contributed by atoms with van der Waals surface area (Å²) in [6, 6.07) is 0.0648. The Morgan fingerprint density at radius 2 is 1.78 bits per heavy atom. The molecular formula is C6H9N3. The van der Waals surface area contributed by atoms with Crippen molar-refractivity contribution >= 4 is 5.96 Å². The van der Waals surface area contributed by atoms with Crippen LogP contribution in [0.1, 0.15) is 0 Å². The minimum absolute atomic E-state index is 0.0648. The standard InChI is InChI=1S/C6H9N3/c7-6(8)9-5-3-1-2-4-5/h1-5H,(H4,7,8,9). The highest BCUT2D eigenvalue weighted by Crippen LogP contribution is 2.02. The van der Waals surface area contributed by atoms with Gasteiger partial charge < -0.3 is 11.5 Å². The normalized spacial score (nSPS) is 16.4. The van der Waals surface area contributed by atoms with Crippen LogP contribution in [0.5, 0.6) is 0 Å². The molecule has 0 bridgehead atoms. The van der Waals surface area contributed by atoms with Crippen LogP contribution in [0, 0.1) is 0 Å². The SMILES string of the molecule is NC(N)=NC1C=CC=C1. The van der Waals surface area contributed by atoms with Crippen molar-refractivity contribution < 1.29 is 0 Å². The van der Waals surface area contributed by atoms with Gasteiger partial charge >= 0.3 is 0 Å². The molecule has 0 fully saturated rings.